The normalized spacial score (nSPS) is 31.8. The second-order valence-electron chi connectivity index (χ2n) is 3.85. The van der Waals surface area contributed by atoms with Gasteiger partial charge in [-0.1, -0.05) is 0 Å². The molecule has 1 aromatic heterocycles. The Hall–Kier alpha value is -1.58. The summed E-state index contributed by atoms with van der Waals surface area (Å²) < 4.78 is 32.4. The third-order valence-corrected chi connectivity index (χ3v) is 2.68. The zero-order valence-corrected chi connectivity index (χ0v) is 9.03. The lowest BCUT2D eigenvalue weighted by molar-refractivity contribution is -0.0494. The number of halogens is 2. The van der Waals surface area contributed by atoms with Crippen LogP contribution in [0, 0.1) is 5.82 Å². The van der Waals surface area contributed by atoms with Crippen molar-refractivity contribution in [2.24, 2.45) is 0 Å². The Morgan fingerprint density at radius 3 is 2.83 bits per heavy atom. The molecule has 0 aromatic carbocycles. The van der Waals surface area contributed by atoms with E-state index < -0.39 is 48.5 Å². The standard InChI is InChI=1S/C9H11F2N3O4/c10-3-1-14(9(17)13-7(3)12)8-5(11)6(16)4(2-15)18-8/h1,4-6,8,15-16H,2H2,(H2,12,13,17)/t4-,5?,6+,8-/m1/s1. The van der Waals surface area contributed by atoms with E-state index in [1.807, 2.05) is 0 Å². The van der Waals surface area contributed by atoms with Gasteiger partial charge in [0.25, 0.3) is 0 Å². The van der Waals surface area contributed by atoms with E-state index in [0.717, 1.165) is 0 Å². The van der Waals surface area contributed by atoms with E-state index in [9.17, 15) is 18.7 Å². The molecule has 9 heteroatoms. The molecule has 18 heavy (non-hydrogen) atoms. The van der Waals surface area contributed by atoms with Crippen LogP contribution < -0.4 is 11.4 Å². The summed E-state index contributed by atoms with van der Waals surface area (Å²) in [6.45, 7) is -0.627. The van der Waals surface area contributed by atoms with E-state index in [1.54, 1.807) is 0 Å². The maximum atomic E-state index is 13.7. The van der Waals surface area contributed by atoms with Crippen LogP contribution in [-0.2, 0) is 4.74 Å². The number of alkyl halides is 1. The number of anilines is 1. The molecule has 1 aliphatic rings. The number of aliphatic hydroxyl groups excluding tert-OH is 2. The van der Waals surface area contributed by atoms with Crippen LogP contribution in [0.5, 0.6) is 0 Å². The highest BCUT2D eigenvalue weighted by Crippen LogP contribution is 2.30. The SMILES string of the molecule is Nc1nc(=O)n([C@@H]2O[C@H](CO)[C@H](O)C2F)cc1F. The average molecular weight is 263 g/mol. The fraction of sp³-hybridized carbons (Fsp3) is 0.556. The molecule has 1 saturated heterocycles. The second kappa shape index (κ2) is 4.59. The van der Waals surface area contributed by atoms with Crippen molar-refractivity contribution < 1.29 is 23.7 Å². The first kappa shape index (κ1) is 12.9. The molecule has 4 atom stereocenters. The van der Waals surface area contributed by atoms with Gasteiger partial charge < -0.3 is 20.7 Å². The fourth-order valence-electron chi connectivity index (χ4n) is 1.72. The second-order valence-corrected chi connectivity index (χ2v) is 3.85. The van der Waals surface area contributed by atoms with E-state index >= 15 is 0 Å². The van der Waals surface area contributed by atoms with Gasteiger partial charge in [0, 0.05) is 0 Å². The van der Waals surface area contributed by atoms with Crippen LogP contribution in [0.15, 0.2) is 11.0 Å². The predicted molar refractivity (Wildman–Crippen MR) is 54.8 cm³/mol. The number of ether oxygens (including phenoxy) is 1. The largest absolute Gasteiger partial charge is 0.394 e. The highest BCUT2D eigenvalue weighted by atomic mass is 19.1. The van der Waals surface area contributed by atoms with Gasteiger partial charge in [0.15, 0.2) is 24.0 Å². The summed E-state index contributed by atoms with van der Waals surface area (Å²) in [7, 11) is 0. The summed E-state index contributed by atoms with van der Waals surface area (Å²) in [6.07, 6.45) is -5.67. The Kier molecular flexibility index (Phi) is 3.28. The maximum absolute atomic E-state index is 13.7. The zero-order valence-electron chi connectivity index (χ0n) is 9.03. The summed E-state index contributed by atoms with van der Waals surface area (Å²) in [4.78, 5) is 14.6. The highest BCUT2D eigenvalue weighted by molar-refractivity contribution is 5.26. The van der Waals surface area contributed by atoms with Crippen molar-refractivity contribution in [3.63, 3.8) is 0 Å². The number of aromatic nitrogens is 2. The Morgan fingerprint density at radius 2 is 2.28 bits per heavy atom. The smallest absolute Gasteiger partial charge is 0.351 e. The van der Waals surface area contributed by atoms with Crippen LogP contribution in [0.1, 0.15) is 6.23 Å². The van der Waals surface area contributed by atoms with Gasteiger partial charge in [-0.3, -0.25) is 4.57 Å². The van der Waals surface area contributed by atoms with Crippen LogP contribution >= 0.6 is 0 Å². The van der Waals surface area contributed by atoms with Crippen molar-refractivity contribution in [2.45, 2.75) is 24.6 Å². The molecule has 0 radical (unpaired) electrons. The molecule has 0 saturated carbocycles. The van der Waals surface area contributed by atoms with Crippen molar-refractivity contribution in [1.82, 2.24) is 9.55 Å². The zero-order chi connectivity index (χ0) is 13.4. The maximum Gasteiger partial charge on any atom is 0.351 e. The molecule has 0 spiro atoms. The first-order chi connectivity index (χ1) is 8.45. The average Bonchev–Trinajstić information content (AvgIpc) is 2.61. The summed E-state index contributed by atoms with van der Waals surface area (Å²) in [5, 5.41) is 18.2. The molecular weight excluding hydrogens is 252 g/mol. The van der Waals surface area contributed by atoms with Crippen LogP contribution in [0.3, 0.4) is 0 Å². The fourth-order valence-corrected chi connectivity index (χ4v) is 1.72. The molecule has 1 aliphatic heterocycles. The molecule has 1 fully saturated rings. The monoisotopic (exact) mass is 263 g/mol. The van der Waals surface area contributed by atoms with Gasteiger partial charge >= 0.3 is 5.69 Å². The van der Waals surface area contributed by atoms with Crippen LogP contribution in [0.25, 0.3) is 0 Å². The van der Waals surface area contributed by atoms with Gasteiger partial charge in [0.05, 0.1) is 12.8 Å². The molecule has 0 amide bonds. The highest BCUT2D eigenvalue weighted by Gasteiger charge is 2.45. The topological polar surface area (TPSA) is 111 Å². The Balaban J connectivity index is 2.39. The lowest BCUT2D eigenvalue weighted by atomic mass is 10.1. The van der Waals surface area contributed by atoms with Gasteiger partial charge in [-0.25, -0.2) is 13.6 Å². The minimum Gasteiger partial charge on any atom is -0.394 e. The minimum atomic E-state index is -1.98. The molecule has 0 aliphatic carbocycles. The molecule has 1 unspecified atom stereocenters. The lowest BCUT2D eigenvalue weighted by Gasteiger charge is -2.15. The Bertz CT molecular complexity index is 509. The quantitative estimate of drug-likeness (QED) is 0.602. The number of rotatable bonds is 2. The summed E-state index contributed by atoms with van der Waals surface area (Å²) in [5.41, 5.74) is 4.07. The van der Waals surface area contributed by atoms with Crippen LogP contribution in [-0.4, -0.2) is 44.8 Å². The molecule has 0 bridgehead atoms. The van der Waals surface area contributed by atoms with Gasteiger partial charge in [-0.05, 0) is 0 Å². The van der Waals surface area contributed by atoms with Crippen molar-refractivity contribution in [1.29, 1.82) is 0 Å². The van der Waals surface area contributed by atoms with Gasteiger partial charge in [0.1, 0.15) is 12.2 Å². The molecule has 2 heterocycles. The van der Waals surface area contributed by atoms with Gasteiger partial charge in [0.2, 0.25) is 0 Å². The summed E-state index contributed by atoms with van der Waals surface area (Å²) in [6, 6.07) is 0. The van der Waals surface area contributed by atoms with Crippen molar-refractivity contribution in [2.75, 3.05) is 12.3 Å². The van der Waals surface area contributed by atoms with E-state index in [2.05, 4.69) is 4.98 Å². The van der Waals surface area contributed by atoms with E-state index in [-0.39, 0.29) is 0 Å². The van der Waals surface area contributed by atoms with Crippen molar-refractivity contribution >= 4 is 5.82 Å². The molecular formula is C9H11F2N3O4. The number of nitrogens with two attached hydrogens (primary N) is 1. The Labute approximate surface area is 99.4 Å². The molecule has 7 nitrogen and oxygen atoms in total. The van der Waals surface area contributed by atoms with Crippen molar-refractivity contribution in [3.8, 4) is 0 Å². The molecule has 100 valence electrons. The number of hydrogen-bond acceptors (Lipinski definition) is 6. The third-order valence-electron chi connectivity index (χ3n) is 2.68. The summed E-state index contributed by atoms with van der Waals surface area (Å²) >= 11 is 0. The number of nitrogens with zero attached hydrogens (tertiary/aromatic N) is 2. The number of aliphatic hydroxyl groups is 2. The summed E-state index contributed by atoms with van der Waals surface area (Å²) in [5.74, 6) is -1.61. The molecule has 4 N–H and O–H groups in total. The van der Waals surface area contributed by atoms with Crippen molar-refractivity contribution in [3.05, 3.63) is 22.5 Å². The van der Waals surface area contributed by atoms with Gasteiger partial charge in [-0.15, -0.1) is 0 Å². The molecule has 1 aromatic rings. The Morgan fingerprint density at radius 1 is 1.61 bits per heavy atom. The van der Waals surface area contributed by atoms with E-state index in [1.165, 1.54) is 0 Å². The number of nitrogen functional groups attached to an aromatic ring is 1. The van der Waals surface area contributed by atoms with E-state index in [0.29, 0.717) is 10.8 Å². The van der Waals surface area contributed by atoms with Crippen LogP contribution in [0.2, 0.25) is 0 Å². The lowest BCUT2D eigenvalue weighted by Crippen LogP contribution is -2.34. The van der Waals surface area contributed by atoms with Crippen LogP contribution in [0.4, 0.5) is 14.6 Å². The third kappa shape index (κ3) is 1.96. The molecule has 2 rings (SSSR count). The minimum absolute atomic E-state index is 0.551. The first-order valence-corrected chi connectivity index (χ1v) is 5.08. The first-order valence-electron chi connectivity index (χ1n) is 5.08. The number of hydrogen-bond donors (Lipinski definition) is 3. The van der Waals surface area contributed by atoms with Gasteiger partial charge in [-0.2, -0.15) is 4.98 Å². The van der Waals surface area contributed by atoms with E-state index in [4.69, 9.17) is 15.6 Å². The predicted octanol–water partition coefficient (Wildman–Crippen LogP) is -1.45.